The van der Waals surface area contributed by atoms with Crippen molar-refractivity contribution in [2.24, 2.45) is 0 Å². The summed E-state index contributed by atoms with van der Waals surface area (Å²) in [6.07, 6.45) is 32.5. The monoisotopic (exact) mass is 659 g/mol. The topological polar surface area (TPSA) is 7.12 Å². The van der Waals surface area contributed by atoms with E-state index >= 15 is 0 Å². The van der Waals surface area contributed by atoms with Crippen molar-refractivity contribution in [2.75, 3.05) is 11.4 Å². The average molecular weight is 660 g/mol. The molecule has 0 saturated carbocycles. The van der Waals surface area contributed by atoms with Crippen LogP contribution in [0.15, 0.2) is 70.1 Å². The van der Waals surface area contributed by atoms with E-state index in [2.05, 4.69) is 90.9 Å². The number of aromatic nitrogens is 1. The van der Waals surface area contributed by atoms with E-state index in [0.29, 0.717) is 0 Å². The van der Waals surface area contributed by atoms with Gasteiger partial charge in [0.05, 0.1) is 10.7 Å². The number of aryl methyl sites for hydroxylation is 1. The number of thiazole rings is 1. The lowest BCUT2D eigenvalue weighted by Crippen LogP contribution is -2.35. The predicted octanol–water partition coefficient (Wildman–Crippen LogP) is 13.9. The summed E-state index contributed by atoms with van der Waals surface area (Å²) in [5.41, 5.74) is 4.12. The van der Waals surface area contributed by atoms with Crippen LogP contribution in [0.1, 0.15) is 154 Å². The zero-order valence-electron chi connectivity index (χ0n) is 29.5. The van der Waals surface area contributed by atoms with Crippen molar-refractivity contribution in [1.29, 1.82) is 0 Å². The van der Waals surface area contributed by atoms with Crippen LogP contribution in [0, 0.1) is 0 Å². The first kappa shape index (κ1) is 36.8. The van der Waals surface area contributed by atoms with Crippen LogP contribution in [0.3, 0.4) is 0 Å². The highest BCUT2D eigenvalue weighted by Crippen LogP contribution is 2.46. The van der Waals surface area contributed by atoms with Crippen molar-refractivity contribution in [3.63, 3.8) is 0 Å². The molecule has 2 nitrogen and oxygen atoms in total. The molecule has 1 aliphatic rings. The second-order valence-corrected chi connectivity index (χ2v) is 15.6. The summed E-state index contributed by atoms with van der Waals surface area (Å²) in [6, 6.07) is 18.0. The normalized spacial score (nSPS) is 14.2. The Hall–Kier alpha value is -2.04. The molecule has 2 heterocycles. The van der Waals surface area contributed by atoms with Crippen molar-refractivity contribution < 1.29 is 4.57 Å². The number of fused-ring (bicyclic) bond motifs is 2. The highest BCUT2D eigenvalue weighted by atomic mass is 32.2. The molecule has 0 atom stereocenters. The van der Waals surface area contributed by atoms with Gasteiger partial charge in [-0.05, 0) is 49.6 Å². The zero-order valence-corrected chi connectivity index (χ0v) is 31.2. The Morgan fingerprint density at radius 1 is 0.652 bits per heavy atom. The summed E-state index contributed by atoms with van der Waals surface area (Å²) < 4.78 is 3.98. The Balaban J connectivity index is 1.33. The third kappa shape index (κ3) is 12.2. The zero-order chi connectivity index (χ0) is 32.2. The summed E-state index contributed by atoms with van der Waals surface area (Å²) in [6.45, 7) is 9.12. The molecule has 0 spiro atoms. The molecule has 0 N–H and O–H groups in total. The Morgan fingerprint density at radius 3 is 1.85 bits per heavy atom. The molecule has 2 aromatic carbocycles. The van der Waals surface area contributed by atoms with Crippen LogP contribution in [0.25, 0.3) is 16.3 Å². The maximum atomic E-state index is 2.59. The second-order valence-electron chi connectivity index (χ2n) is 13.5. The third-order valence-electron chi connectivity index (χ3n) is 9.45. The lowest BCUT2D eigenvalue weighted by atomic mass is 10.1. The number of rotatable bonds is 24. The van der Waals surface area contributed by atoms with Crippen LogP contribution >= 0.6 is 23.1 Å². The number of allylic oxidation sites excluding steroid dienone is 2. The molecule has 46 heavy (non-hydrogen) atoms. The van der Waals surface area contributed by atoms with Crippen molar-refractivity contribution in [3.05, 3.63) is 70.2 Å². The number of hydrogen-bond acceptors (Lipinski definition) is 3. The van der Waals surface area contributed by atoms with Gasteiger partial charge in [-0.2, -0.15) is 4.57 Å². The molecular weight excluding hydrogens is 597 g/mol. The van der Waals surface area contributed by atoms with Crippen LogP contribution < -0.4 is 9.47 Å². The third-order valence-corrected chi connectivity index (χ3v) is 11.7. The molecule has 0 unspecified atom stereocenters. The molecule has 252 valence electrons. The average Bonchev–Trinajstić information content (AvgIpc) is 3.59. The number of anilines is 1. The van der Waals surface area contributed by atoms with E-state index in [9.17, 15) is 0 Å². The molecule has 0 amide bonds. The Labute approximate surface area is 290 Å². The fraction of sp³-hybridized carbons (Fsp3) is 0.595. The van der Waals surface area contributed by atoms with E-state index in [0.717, 1.165) is 13.1 Å². The van der Waals surface area contributed by atoms with Crippen LogP contribution in [-0.4, -0.2) is 6.54 Å². The summed E-state index contributed by atoms with van der Waals surface area (Å²) in [4.78, 5) is 3.98. The smallest absolute Gasteiger partial charge is 0.263 e. The molecule has 1 aliphatic heterocycles. The molecule has 0 radical (unpaired) electrons. The lowest BCUT2D eigenvalue weighted by Gasteiger charge is -2.20. The summed E-state index contributed by atoms with van der Waals surface area (Å²) in [7, 11) is 0. The van der Waals surface area contributed by atoms with Gasteiger partial charge in [-0.1, -0.05) is 170 Å². The molecule has 4 heteroatoms. The lowest BCUT2D eigenvalue weighted by molar-refractivity contribution is -0.669. The van der Waals surface area contributed by atoms with Crippen LogP contribution in [0.4, 0.5) is 5.69 Å². The molecule has 4 rings (SSSR count). The Morgan fingerprint density at radius 2 is 1.20 bits per heavy atom. The summed E-state index contributed by atoms with van der Waals surface area (Å²) >= 11 is 3.89. The van der Waals surface area contributed by atoms with E-state index in [-0.39, 0.29) is 0 Å². The van der Waals surface area contributed by atoms with E-state index in [1.54, 1.807) is 0 Å². The Kier molecular flexibility index (Phi) is 17.4. The number of benzene rings is 2. The first-order valence-electron chi connectivity index (χ1n) is 19.1. The molecule has 3 aromatic rings. The number of hydrogen-bond donors (Lipinski definition) is 0. The maximum absolute atomic E-state index is 2.59. The Bertz CT molecular complexity index is 1340. The van der Waals surface area contributed by atoms with E-state index in [1.165, 1.54) is 165 Å². The fourth-order valence-corrected chi connectivity index (χ4v) is 9.13. The van der Waals surface area contributed by atoms with Gasteiger partial charge < -0.3 is 4.90 Å². The first-order chi connectivity index (χ1) is 22.7. The standard InChI is InChI=1S/C42H63N2S2/c1-4-6-8-10-12-14-16-18-20-26-32-43-37-28-22-24-30-39(37)45-41(43)34-36(3)35-42-44(38-29-23-25-31-40(38)46-42)33-27-21-19-17-15-13-11-9-7-5-2/h22-25,28-31,34-35H,4-21,26-27,32-33H2,1-3H3/q+1. The van der Waals surface area contributed by atoms with E-state index in [1.807, 2.05) is 23.1 Å². The molecule has 0 fully saturated rings. The van der Waals surface area contributed by atoms with Crippen LogP contribution in [0.2, 0.25) is 0 Å². The van der Waals surface area contributed by atoms with Gasteiger partial charge in [-0.3, -0.25) is 0 Å². The minimum atomic E-state index is 1.11. The minimum Gasteiger partial charge on any atom is -0.335 e. The van der Waals surface area contributed by atoms with Gasteiger partial charge in [0.2, 0.25) is 5.52 Å². The molecular formula is C42H63N2S2+. The fourth-order valence-electron chi connectivity index (χ4n) is 6.73. The van der Waals surface area contributed by atoms with Gasteiger partial charge in [0.15, 0.2) is 6.54 Å². The van der Waals surface area contributed by atoms with Gasteiger partial charge in [0, 0.05) is 30.0 Å². The first-order valence-corrected chi connectivity index (χ1v) is 20.7. The van der Waals surface area contributed by atoms with Crippen molar-refractivity contribution in [2.45, 2.75) is 161 Å². The van der Waals surface area contributed by atoms with E-state index < -0.39 is 0 Å². The summed E-state index contributed by atoms with van der Waals surface area (Å²) in [5.74, 6) is 0. The number of para-hydroxylation sites is 2. The van der Waals surface area contributed by atoms with Crippen molar-refractivity contribution in [3.8, 4) is 0 Å². The molecule has 0 saturated heterocycles. The van der Waals surface area contributed by atoms with Gasteiger partial charge in [-0.15, -0.1) is 0 Å². The van der Waals surface area contributed by atoms with Crippen LogP contribution in [0.5, 0.6) is 0 Å². The number of unbranched alkanes of at least 4 members (excludes halogenated alkanes) is 18. The quantitative estimate of drug-likeness (QED) is 0.0698. The highest BCUT2D eigenvalue weighted by Gasteiger charge is 2.25. The second kappa shape index (κ2) is 21.8. The van der Waals surface area contributed by atoms with Crippen molar-refractivity contribution >= 4 is 45.1 Å². The van der Waals surface area contributed by atoms with Gasteiger partial charge in [0.25, 0.3) is 5.01 Å². The number of nitrogens with zero attached hydrogens (tertiary/aromatic N) is 2. The molecule has 1 aromatic heterocycles. The largest absolute Gasteiger partial charge is 0.335 e. The van der Waals surface area contributed by atoms with Gasteiger partial charge in [-0.25, -0.2) is 0 Å². The number of thioether (sulfide) groups is 1. The minimum absolute atomic E-state index is 1.11. The highest BCUT2D eigenvalue weighted by molar-refractivity contribution is 8.03. The summed E-state index contributed by atoms with van der Waals surface area (Å²) in [5, 5.41) is 2.77. The SMILES string of the molecule is CCCCCCCCCCCCN1/C(=C\C(C)=C\c2sc3ccccc3[n+]2CCCCCCCCCCCC)Sc2ccccc21. The predicted molar refractivity (Wildman–Crippen MR) is 207 cm³/mol. The maximum Gasteiger partial charge on any atom is 0.263 e. The van der Waals surface area contributed by atoms with Crippen molar-refractivity contribution in [1.82, 2.24) is 0 Å². The van der Waals surface area contributed by atoms with E-state index in [4.69, 9.17) is 0 Å². The van der Waals surface area contributed by atoms with Gasteiger partial charge in [0.1, 0.15) is 4.70 Å². The molecule has 0 bridgehead atoms. The van der Waals surface area contributed by atoms with Gasteiger partial charge >= 0.3 is 0 Å². The molecule has 0 aliphatic carbocycles. The van der Waals surface area contributed by atoms with Crippen LogP contribution in [-0.2, 0) is 6.54 Å².